The highest BCUT2D eigenvalue weighted by Crippen LogP contribution is 2.24. The molecule has 0 atom stereocenters. The molecule has 0 aliphatic rings. The molecule has 0 unspecified atom stereocenters. The van der Waals surface area contributed by atoms with Crippen LogP contribution in [0.25, 0.3) is 0 Å². The Morgan fingerprint density at radius 2 is 1.52 bits per heavy atom. The molecule has 0 radical (unpaired) electrons. The molecule has 0 aromatic heterocycles. The van der Waals surface area contributed by atoms with Crippen LogP contribution in [0.4, 0.5) is 11.4 Å². The largest absolute Gasteiger partial charge is 0.322 e. The summed E-state index contributed by atoms with van der Waals surface area (Å²) in [5.74, 6) is -0.643. The Bertz CT molecular complexity index is 1160. The van der Waals surface area contributed by atoms with Crippen molar-refractivity contribution in [3.8, 4) is 0 Å². The number of sulfonamides is 1. The molecule has 2 N–H and O–H groups in total. The molecule has 0 aliphatic carbocycles. The first-order chi connectivity index (χ1) is 13.8. The van der Waals surface area contributed by atoms with Crippen molar-refractivity contribution < 1.29 is 18.0 Å². The van der Waals surface area contributed by atoms with Crippen LogP contribution in [0.3, 0.4) is 0 Å². The first-order valence-electron chi connectivity index (χ1n) is 8.56. The Hall–Kier alpha value is -3.16. The van der Waals surface area contributed by atoms with Crippen molar-refractivity contribution in [3.05, 3.63) is 88.9 Å². The summed E-state index contributed by atoms with van der Waals surface area (Å²) in [6.07, 6.45) is 0. The lowest BCUT2D eigenvalue weighted by Crippen LogP contribution is -2.16. The molecule has 148 valence electrons. The highest BCUT2D eigenvalue weighted by Gasteiger charge is 2.19. The van der Waals surface area contributed by atoms with Gasteiger partial charge in [-0.2, -0.15) is 0 Å². The summed E-state index contributed by atoms with van der Waals surface area (Å²) >= 11 is 6.11. The average Bonchev–Trinajstić information content (AvgIpc) is 2.69. The number of carbonyl (C=O) groups is 2. The zero-order chi connectivity index (χ0) is 21.0. The second-order valence-corrected chi connectivity index (χ2v) is 8.29. The molecule has 0 spiro atoms. The Morgan fingerprint density at radius 3 is 2.14 bits per heavy atom. The lowest BCUT2D eigenvalue weighted by atomic mass is 10.1. The fraction of sp³-hybridized carbons (Fsp3) is 0.0476. The standard InChI is InChI=1S/C21H17ClN2O4S/c1-14(25)15-7-9-17(10-8-15)24-29(27,28)18-11-12-20(22)19(13-18)21(26)23-16-5-3-2-4-6-16/h2-13,24H,1H3,(H,23,26). The van der Waals surface area contributed by atoms with Crippen molar-refractivity contribution in [2.75, 3.05) is 10.0 Å². The molecule has 1 amide bonds. The lowest BCUT2D eigenvalue weighted by Gasteiger charge is -2.11. The van der Waals surface area contributed by atoms with Gasteiger partial charge in [0, 0.05) is 16.9 Å². The van der Waals surface area contributed by atoms with Crippen LogP contribution >= 0.6 is 11.6 Å². The molecule has 6 nitrogen and oxygen atoms in total. The van der Waals surface area contributed by atoms with Crippen LogP contribution in [0.5, 0.6) is 0 Å². The van der Waals surface area contributed by atoms with Crippen LogP contribution in [-0.2, 0) is 10.0 Å². The fourth-order valence-corrected chi connectivity index (χ4v) is 3.84. The zero-order valence-electron chi connectivity index (χ0n) is 15.3. The van der Waals surface area contributed by atoms with Crippen molar-refractivity contribution in [1.29, 1.82) is 0 Å². The van der Waals surface area contributed by atoms with E-state index in [1.54, 1.807) is 24.3 Å². The van der Waals surface area contributed by atoms with Crippen molar-refractivity contribution in [1.82, 2.24) is 0 Å². The fourth-order valence-electron chi connectivity index (χ4n) is 2.55. The van der Waals surface area contributed by atoms with Crippen LogP contribution in [0.2, 0.25) is 5.02 Å². The van der Waals surface area contributed by atoms with Gasteiger partial charge in [0.05, 0.1) is 15.5 Å². The third-order valence-electron chi connectivity index (χ3n) is 4.07. The second-order valence-electron chi connectivity index (χ2n) is 6.20. The quantitative estimate of drug-likeness (QED) is 0.561. The van der Waals surface area contributed by atoms with Crippen molar-refractivity contribution in [3.63, 3.8) is 0 Å². The number of para-hydroxylation sites is 1. The highest BCUT2D eigenvalue weighted by molar-refractivity contribution is 7.92. The van der Waals surface area contributed by atoms with Gasteiger partial charge in [0.15, 0.2) is 5.78 Å². The van der Waals surface area contributed by atoms with E-state index in [0.29, 0.717) is 16.9 Å². The maximum absolute atomic E-state index is 12.7. The van der Waals surface area contributed by atoms with E-state index < -0.39 is 15.9 Å². The van der Waals surface area contributed by atoms with E-state index in [1.165, 1.54) is 49.4 Å². The highest BCUT2D eigenvalue weighted by atomic mass is 35.5. The van der Waals surface area contributed by atoms with Gasteiger partial charge in [0.25, 0.3) is 15.9 Å². The van der Waals surface area contributed by atoms with E-state index in [-0.39, 0.29) is 21.3 Å². The number of anilines is 2. The number of hydrogen-bond donors (Lipinski definition) is 2. The summed E-state index contributed by atoms with van der Waals surface area (Å²) in [5, 5.41) is 2.80. The van der Waals surface area contributed by atoms with Gasteiger partial charge in [-0.25, -0.2) is 8.42 Å². The molecule has 0 heterocycles. The second kappa shape index (κ2) is 8.46. The monoisotopic (exact) mass is 428 g/mol. The molecule has 3 aromatic carbocycles. The summed E-state index contributed by atoms with van der Waals surface area (Å²) in [6, 6.07) is 18.7. The Labute approximate surface area is 173 Å². The summed E-state index contributed by atoms with van der Waals surface area (Å²) in [5.41, 5.74) is 1.36. The zero-order valence-corrected chi connectivity index (χ0v) is 16.9. The van der Waals surface area contributed by atoms with Gasteiger partial charge >= 0.3 is 0 Å². The smallest absolute Gasteiger partial charge is 0.261 e. The van der Waals surface area contributed by atoms with E-state index in [1.807, 2.05) is 6.07 Å². The minimum absolute atomic E-state index is 0.0327. The minimum atomic E-state index is -3.97. The Kier molecular flexibility index (Phi) is 6.00. The van der Waals surface area contributed by atoms with E-state index in [2.05, 4.69) is 10.0 Å². The van der Waals surface area contributed by atoms with Gasteiger partial charge in [0.1, 0.15) is 0 Å². The predicted octanol–water partition coefficient (Wildman–Crippen LogP) is 4.60. The molecule has 0 saturated carbocycles. The molecule has 0 aliphatic heterocycles. The van der Waals surface area contributed by atoms with E-state index in [9.17, 15) is 18.0 Å². The summed E-state index contributed by atoms with van der Waals surface area (Å²) in [6.45, 7) is 1.43. The van der Waals surface area contributed by atoms with Gasteiger partial charge in [-0.3, -0.25) is 14.3 Å². The predicted molar refractivity (Wildman–Crippen MR) is 113 cm³/mol. The number of Topliss-reactive ketones (excluding diaryl/α,β-unsaturated/α-hetero) is 1. The lowest BCUT2D eigenvalue weighted by molar-refractivity contribution is 0.101. The van der Waals surface area contributed by atoms with Gasteiger partial charge in [-0.1, -0.05) is 29.8 Å². The number of rotatable bonds is 6. The molecular formula is C21H17ClN2O4S. The topological polar surface area (TPSA) is 92.3 Å². The van der Waals surface area contributed by atoms with Crippen LogP contribution in [-0.4, -0.2) is 20.1 Å². The van der Waals surface area contributed by atoms with Crippen LogP contribution < -0.4 is 10.0 Å². The van der Waals surface area contributed by atoms with Gasteiger partial charge in [0.2, 0.25) is 0 Å². The number of halogens is 1. The van der Waals surface area contributed by atoms with Gasteiger partial charge in [-0.15, -0.1) is 0 Å². The maximum Gasteiger partial charge on any atom is 0.261 e. The summed E-state index contributed by atoms with van der Waals surface area (Å²) < 4.78 is 27.8. The molecule has 3 rings (SSSR count). The van der Waals surface area contributed by atoms with Gasteiger partial charge < -0.3 is 5.32 Å². The summed E-state index contributed by atoms with van der Waals surface area (Å²) in [4.78, 5) is 23.8. The molecule has 8 heteroatoms. The molecular weight excluding hydrogens is 412 g/mol. The van der Waals surface area contributed by atoms with Crippen molar-refractivity contribution >= 4 is 44.7 Å². The van der Waals surface area contributed by atoms with Crippen LogP contribution in [0.15, 0.2) is 77.7 Å². The van der Waals surface area contributed by atoms with Crippen molar-refractivity contribution in [2.45, 2.75) is 11.8 Å². The number of benzene rings is 3. The Balaban J connectivity index is 1.85. The van der Waals surface area contributed by atoms with E-state index in [0.717, 1.165) is 0 Å². The first kappa shape index (κ1) is 20.6. The Morgan fingerprint density at radius 1 is 0.862 bits per heavy atom. The normalized spacial score (nSPS) is 11.0. The molecule has 0 saturated heterocycles. The third-order valence-corrected chi connectivity index (χ3v) is 5.78. The number of amides is 1. The third kappa shape index (κ3) is 5.01. The van der Waals surface area contributed by atoms with Gasteiger partial charge in [-0.05, 0) is 61.5 Å². The number of nitrogens with one attached hydrogen (secondary N) is 2. The van der Waals surface area contributed by atoms with Crippen molar-refractivity contribution in [2.24, 2.45) is 0 Å². The van der Waals surface area contributed by atoms with E-state index in [4.69, 9.17) is 11.6 Å². The molecule has 29 heavy (non-hydrogen) atoms. The first-order valence-corrected chi connectivity index (χ1v) is 10.4. The molecule has 0 bridgehead atoms. The average molecular weight is 429 g/mol. The molecule has 0 fully saturated rings. The number of carbonyl (C=O) groups excluding carboxylic acids is 2. The SMILES string of the molecule is CC(=O)c1ccc(NS(=O)(=O)c2ccc(Cl)c(C(=O)Nc3ccccc3)c2)cc1. The van der Waals surface area contributed by atoms with Crippen LogP contribution in [0, 0.1) is 0 Å². The minimum Gasteiger partial charge on any atom is -0.322 e. The molecule has 3 aromatic rings. The summed E-state index contributed by atoms with van der Waals surface area (Å²) in [7, 11) is -3.97. The van der Waals surface area contributed by atoms with E-state index >= 15 is 0 Å². The number of ketones is 1. The maximum atomic E-state index is 12.7. The number of hydrogen-bond acceptors (Lipinski definition) is 4. The van der Waals surface area contributed by atoms with Crippen LogP contribution in [0.1, 0.15) is 27.6 Å².